The zero-order valence-electron chi connectivity index (χ0n) is 11.9. The number of aromatic nitrogens is 2. The van der Waals surface area contributed by atoms with Crippen molar-refractivity contribution in [2.45, 2.75) is 32.5 Å². The van der Waals surface area contributed by atoms with E-state index in [1.807, 2.05) is 0 Å². The van der Waals surface area contributed by atoms with Crippen molar-refractivity contribution in [3.8, 4) is 0 Å². The molecule has 0 saturated carbocycles. The van der Waals surface area contributed by atoms with Crippen LogP contribution in [0.1, 0.15) is 35.8 Å². The van der Waals surface area contributed by atoms with E-state index in [1.165, 1.54) is 12.1 Å². The third-order valence-corrected chi connectivity index (χ3v) is 2.91. The number of amides is 1. The van der Waals surface area contributed by atoms with E-state index >= 15 is 0 Å². The first-order valence-corrected chi connectivity index (χ1v) is 6.51. The number of hydrogen-bond acceptors (Lipinski definition) is 4. The molecule has 118 valence electrons. The molecule has 1 aromatic heterocycles. The van der Waals surface area contributed by atoms with Crippen molar-refractivity contribution in [3.63, 3.8) is 0 Å². The highest BCUT2D eigenvalue weighted by atomic mass is 19.4. The number of nitrogens with zero attached hydrogens (tertiary/aromatic N) is 2. The molecule has 1 unspecified atom stereocenters. The number of aryl methyl sites for hydroxylation is 1. The minimum absolute atomic E-state index is 0.165. The predicted octanol–water partition coefficient (Wildman–Crippen LogP) is 2.82. The highest BCUT2D eigenvalue weighted by Crippen LogP contribution is 2.29. The van der Waals surface area contributed by atoms with Crippen molar-refractivity contribution in [1.29, 1.82) is 0 Å². The molecule has 0 spiro atoms. The largest absolute Gasteiger partial charge is 0.416 e. The van der Waals surface area contributed by atoms with Gasteiger partial charge in [-0.15, -0.1) is 0 Å². The Kier molecular flexibility index (Phi) is 4.48. The van der Waals surface area contributed by atoms with Crippen LogP contribution in [-0.2, 0) is 17.4 Å². The van der Waals surface area contributed by atoms with Crippen molar-refractivity contribution < 1.29 is 22.5 Å². The fourth-order valence-corrected chi connectivity index (χ4v) is 1.89. The molecule has 0 aliphatic carbocycles. The van der Waals surface area contributed by atoms with E-state index < -0.39 is 23.7 Å². The van der Waals surface area contributed by atoms with Gasteiger partial charge in [0.05, 0.1) is 12.0 Å². The zero-order chi connectivity index (χ0) is 16.3. The minimum atomic E-state index is -4.43. The van der Waals surface area contributed by atoms with Crippen molar-refractivity contribution in [3.05, 3.63) is 47.1 Å². The minimum Gasteiger partial charge on any atom is -0.344 e. The maximum Gasteiger partial charge on any atom is 0.416 e. The second-order valence-electron chi connectivity index (χ2n) is 4.84. The molecule has 2 rings (SSSR count). The number of halogens is 3. The second kappa shape index (κ2) is 6.17. The molecule has 0 saturated heterocycles. The van der Waals surface area contributed by atoms with Crippen LogP contribution in [-0.4, -0.2) is 16.0 Å². The van der Waals surface area contributed by atoms with Crippen molar-refractivity contribution in [2.24, 2.45) is 0 Å². The molecule has 1 amide bonds. The summed E-state index contributed by atoms with van der Waals surface area (Å²) in [4.78, 5) is 15.9. The summed E-state index contributed by atoms with van der Waals surface area (Å²) in [5.41, 5.74) is -0.500. The highest BCUT2D eigenvalue weighted by Gasteiger charge is 2.30. The molecule has 0 aliphatic rings. The SMILES string of the molecule is Cc1noc(C(C)NC(=O)Cc2cccc(C(F)(F)F)c2)n1. The third-order valence-electron chi connectivity index (χ3n) is 2.91. The normalized spacial score (nSPS) is 13.0. The molecular formula is C14H14F3N3O2. The number of alkyl halides is 3. The summed E-state index contributed by atoms with van der Waals surface area (Å²) < 4.78 is 42.7. The van der Waals surface area contributed by atoms with Gasteiger partial charge in [0, 0.05) is 0 Å². The Labute approximate surface area is 124 Å². The van der Waals surface area contributed by atoms with E-state index in [4.69, 9.17) is 4.52 Å². The number of carbonyl (C=O) groups excluding carboxylic acids is 1. The van der Waals surface area contributed by atoms with Crippen LogP contribution in [0, 0.1) is 6.92 Å². The zero-order valence-corrected chi connectivity index (χ0v) is 11.9. The van der Waals surface area contributed by atoms with Crippen molar-refractivity contribution >= 4 is 5.91 Å². The van der Waals surface area contributed by atoms with Gasteiger partial charge < -0.3 is 9.84 Å². The van der Waals surface area contributed by atoms with Crippen LogP contribution in [0.3, 0.4) is 0 Å². The van der Waals surface area contributed by atoms with E-state index in [-0.39, 0.29) is 17.9 Å². The molecule has 1 N–H and O–H groups in total. The fraction of sp³-hybridized carbons (Fsp3) is 0.357. The van der Waals surface area contributed by atoms with Crippen LogP contribution in [0.25, 0.3) is 0 Å². The van der Waals surface area contributed by atoms with Crippen molar-refractivity contribution in [2.75, 3.05) is 0 Å². The van der Waals surface area contributed by atoms with Gasteiger partial charge in [0.15, 0.2) is 5.82 Å². The molecule has 8 heteroatoms. The molecular weight excluding hydrogens is 299 g/mol. The van der Waals surface area contributed by atoms with Crippen LogP contribution >= 0.6 is 0 Å². The first-order valence-electron chi connectivity index (χ1n) is 6.51. The maximum absolute atomic E-state index is 12.6. The number of benzene rings is 1. The highest BCUT2D eigenvalue weighted by molar-refractivity contribution is 5.78. The van der Waals surface area contributed by atoms with E-state index in [0.29, 0.717) is 5.82 Å². The predicted molar refractivity (Wildman–Crippen MR) is 70.7 cm³/mol. The molecule has 0 fully saturated rings. The van der Waals surface area contributed by atoms with Crippen LogP contribution in [0.15, 0.2) is 28.8 Å². The van der Waals surface area contributed by atoms with Crippen LogP contribution in [0.5, 0.6) is 0 Å². The number of rotatable bonds is 4. The van der Waals surface area contributed by atoms with Gasteiger partial charge in [0.1, 0.15) is 6.04 Å². The lowest BCUT2D eigenvalue weighted by atomic mass is 10.1. The lowest BCUT2D eigenvalue weighted by Gasteiger charge is -2.11. The summed E-state index contributed by atoms with van der Waals surface area (Å²) in [6.07, 6.45) is -4.59. The van der Waals surface area contributed by atoms with Gasteiger partial charge in [-0.2, -0.15) is 18.2 Å². The van der Waals surface area contributed by atoms with Gasteiger partial charge in [0.2, 0.25) is 11.8 Å². The van der Waals surface area contributed by atoms with Gasteiger partial charge in [-0.3, -0.25) is 4.79 Å². The number of hydrogen-bond donors (Lipinski definition) is 1. The Hall–Kier alpha value is -2.38. The average molecular weight is 313 g/mol. The first-order chi connectivity index (χ1) is 10.3. The average Bonchev–Trinajstić information content (AvgIpc) is 2.84. The molecule has 1 heterocycles. The fourth-order valence-electron chi connectivity index (χ4n) is 1.89. The van der Waals surface area contributed by atoms with Gasteiger partial charge in [0.25, 0.3) is 0 Å². The van der Waals surface area contributed by atoms with Gasteiger partial charge >= 0.3 is 6.18 Å². The van der Waals surface area contributed by atoms with Gasteiger partial charge in [-0.25, -0.2) is 0 Å². The topological polar surface area (TPSA) is 68.0 Å². The summed E-state index contributed by atoms with van der Waals surface area (Å²) in [5, 5.41) is 6.20. The molecule has 22 heavy (non-hydrogen) atoms. The Morgan fingerprint density at radius 2 is 2.14 bits per heavy atom. The Morgan fingerprint density at radius 3 is 2.73 bits per heavy atom. The van der Waals surface area contributed by atoms with Gasteiger partial charge in [-0.05, 0) is 25.5 Å². The Bertz CT molecular complexity index is 667. The Morgan fingerprint density at radius 1 is 1.41 bits per heavy atom. The number of nitrogens with one attached hydrogen (secondary N) is 1. The summed E-state index contributed by atoms with van der Waals surface area (Å²) in [7, 11) is 0. The monoisotopic (exact) mass is 313 g/mol. The van der Waals surface area contributed by atoms with Crippen molar-refractivity contribution in [1.82, 2.24) is 15.5 Å². The van der Waals surface area contributed by atoms with Crippen LogP contribution in [0.2, 0.25) is 0 Å². The van der Waals surface area contributed by atoms with E-state index in [1.54, 1.807) is 13.8 Å². The van der Waals surface area contributed by atoms with Gasteiger partial charge in [-0.1, -0.05) is 23.4 Å². The smallest absolute Gasteiger partial charge is 0.344 e. The first kappa shape index (κ1) is 16.0. The molecule has 1 aromatic carbocycles. The molecule has 5 nitrogen and oxygen atoms in total. The summed E-state index contributed by atoms with van der Waals surface area (Å²) in [6, 6.07) is 4.15. The molecule has 0 radical (unpaired) electrons. The quantitative estimate of drug-likeness (QED) is 0.942. The summed E-state index contributed by atoms with van der Waals surface area (Å²) in [5.74, 6) is 0.256. The lowest BCUT2D eigenvalue weighted by Crippen LogP contribution is -2.28. The second-order valence-corrected chi connectivity index (χ2v) is 4.84. The molecule has 1 atom stereocenters. The number of carbonyl (C=O) groups is 1. The molecule has 0 aliphatic heterocycles. The van der Waals surface area contributed by atoms with Crippen LogP contribution in [0.4, 0.5) is 13.2 Å². The summed E-state index contributed by atoms with van der Waals surface area (Å²) >= 11 is 0. The molecule has 2 aromatic rings. The van der Waals surface area contributed by atoms with Crippen LogP contribution < -0.4 is 5.32 Å². The van der Waals surface area contributed by atoms with E-state index in [0.717, 1.165) is 12.1 Å². The maximum atomic E-state index is 12.6. The molecule has 0 bridgehead atoms. The Balaban J connectivity index is 2.00. The summed E-state index contributed by atoms with van der Waals surface area (Å²) in [6.45, 7) is 3.29. The standard InChI is InChI=1S/C14H14F3N3O2/c1-8(13-19-9(2)20-22-13)18-12(21)7-10-4-3-5-11(6-10)14(15,16)17/h3-6,8H,7H2,1-2H3,(H,18,21). The third kappa shape index (κ3) is 4.06. The lowest BCUT2D eigenvalue weighted by molar-refractivity contribution is -0.137. The van der Waals surface area contributed by atoms with E-state index in [2.05, 4.69) is 15.5 Å². The van der Waals surface area contributed by atoms with E-state index in [9.17, 15) is 18.0 Å².